The predicted molar refractivity (Wildman–Crippen MR) is 70.4 cm³/mol. The first-order valence-corrected chi connectivity index (χ1v) is 6.57. The van der Waals surface area contributed by atoms with Crippen molar-refractivity contribution >= 4 is 28.5 Å². The van der Waals surface area contributed by atoms with E-state index >= 15 is 0 Å². The average Bonchev–Trinajstić information content (AvgIpc) is 2.34. The van der Waals surface area contributed by atoms with E-state index in [0.717, 1.165) is 6.42 Å². The number of amides is 1. The van der Waals surface area contributed by atoms with Gasteiger partial charge in [0.1, 0.15) is 6.73 Å². The highest BCUT2D eigenvalue weighted by atomic mass is 127. The van der Waals surface area contributed by atoms with Gasteiger partial charge in [-0.05, 0) is 12.0 Å². The van der Waals surface area contributed by atoms with Crippen LogP contribution in [-0.4, -0.2) is 33.1 Å². The average molecular weight is 331 g/mol. The van der Waals surface area contributed by atoms with Gasteiger partial charge in [0, 0.05) is 12.5 Å². The molecule has 1 heterocycles. The highest BCUT2D eigenvalue weighted by molar-refractivity contribution is 14.1. The number of alkyl halides is 1. The Morgan fingerprint density at radius 3 is 2.69 bits per heavy atom. The number of rotatable bonds is 2. The lowest BCUT2D eigenvalue weighted by molar-refractivity contribution is -0.136. The minimum absolute atomic E-state index is 0.0446. The van der Waals surface area contributed by atoms with Crippen LogP contribution in [0.15, 0.2) is 30.3 Å². The Kier molecular flexibility index (Phi) is 3.81. The number of aliphatic hydroxyl groups excluding tert-OH is 1. The summed E-state index contributed by atoms with van der Waals surface area (Å²) in [6, 6.07) is 10.1. The van der Waals surface area contributed by atoms with Crippen LogP contribution >= 0.6 is 22.6 Å². The number of aliphatic hydroxyl groups is 1. The van der Waals surface area contributed by atoms with E-state index in [-0.39, 0.29) is 22.5 Å². The molecule has 1 N–H and O–H groups in total. The van der Waals surface area contributed by atoms with Gasteiger partial charge in [-0.3, -0.25) is 4.79 Å². The number of nitrogens with zero attached hydrogens (tertiary/aromatic N) is 1. The molecule has 2 unspecified atom stereocenters. The minimum Gasteiger partial charge on any atom is -0.376 e. The molecule has 1 fully saturated rings. The molecule has 0 radical (unpaired) electrons. The number of carbonyl (C=O) groups excluding carboxylic acids is 1. The molecule has 16 heavy (non-hydrogen) atoms. The Balaban J connectivity index is 2.17. The fourth-order valence-corrected chi connectivity index (χ4v) is 3.24. The van der Waals surface area contributed by atoms with Crippen LogP contribution in [-0.2, 0) is 4.79 Å². The molecule has 2 rings (SSSR count). The van der Waals surface area contributed by atoms with E-state index in [9.17, 15) is 4.79 Å². The molecule has 86 valence electrons. The van der Waals surface area contributed by atoms with Crippen LogP contribution in [0.1, 0.15) is 17.9 Å². The summed E-state index contributed by atoms with van der Waals surface area (Å²) in [6.07, 6.45) is 0.921. The number of carbonyl (C=O) groups is 1. The Labute approximate surface area is 109 Å². The Hall–Kier alpha value is -0.620. The molecule has 0 spiro atoms. The van der Waals surface area contributed by atoms with E-state index in [1.165, 1.54) is 10.5 Å². The van der Waals surface area contributed by atoms with Gasteiger partial charge in [0.2, 0.25) is 5.91 Å². The molecule has 1 amide bonds. The fraction of sp³-hybridized carbons (Fsp3) is 0.417. The topological polar surface area (TPSA) is 40.5 Å². The first-order chi connectivity index (χ1) is 7.74. The lowest BCUT2D eigenvalue weighted by atomic mass is 9.89. The van der Waals surface area contributed by atoms with E-state index in [4.69, 9.17) is 5.11 Å². The zero-order chi connectivity index (χ0) is 11.5. The van der Waals surface area contributed by atoms with Gasteiger partial charge in [-0.25, -0.2) is 0 Å². The van der Waals surface area contributed by atoms with Crippen LogP contribution in [0.25, 0.3) is 0 Å². The van der Waals surface area contributed by atoms with Crippen molar-refractivity contribution in [2.24, 2.45) is 0 Å². The van der Waals surface area contributed by atoms with Gasteiger partial charge < -0.3 is 10.0 Å². The molecule has 2 atom stereocenters. The van der Waals surface area contributed by atoms with Gasteiger partial charge in [-0.15, -0.1) is 0 Å². The van der Waals surface area contributed by atoms with E-state index < -0.39 is 0 Å². The van der Waals surface area contributed by atoms with Crippen LogP contribution in [0, 0.1) is 0 Å². The van der Waals surface area contributed by atoms with Crippen molar-refractivity contribution in [2.75, 3.05) is 13.3 Å². The second-order valence-electron chi connectivity index (χ2n) is 3.95. The van der Waals surface area contributed by atoms with Crippen LogP contribution in [0.2, 0.25) is 0 Å². The van der Waals surface area contributed by atoms with E-state index in [1.807, 2.05) is 18.2 Å². The maximum Gasteiger partial charge on any atom is 0.237 e. The zero-order valence-electron chi connectivity index (χ0n) is 8.84. The van der Waals surface area contributed by atoms with Crippen molar-refractivity contribution in [1.29, 1.82) is 0 Å². The van der Waals surface area contributed by atoms with Gasteiger partial charge in [-0.2, -0.15) is 0 Å². The third-order valence-corrected chi connectivity index (χ3v) is 4.41. The van der Waals surface area contributed by atoms with Crippen molar-refractivity contribution in [3.8, 4) is 0 Å². The maximum absolute atomic E-state index is 11.9. The molecule has 0 aliphatic carbocycles. The summed E-state index contributed by atoms with van der Waals surface area (Å²) in [7, 11) is 0. The molecule has 1 aromatic rings. The van der Waals surface area contributed by atoms with Gasteiger partial charge >= 0.3 is 0 Å². The summed E-state index contributed by atoms with van der Waals surface area (Å²) in [5.74, 6) is 0.320. The molecule has 4 heteroatoms. The van der Waals surface area contributed by atoms with Crippen molar-refractivity contribution in [3.05, 3.63) is 35.9 Å². The lowest BCUT2D eigenvalue weighted by Gasteiger charge is -2.34. The molecule has 1 aliphatic heterocycles. The van der Waals surface area contributed by atoms with E-state index in [0.29, 0.717) is 6.54 Å². The second kappa shape index (κ2) is 5.14. The van der Waals surface area contributed by atoms with E-state index in [1.54, 1.807) is 0 Å². The third-order valence-electron chi connectivity index (χ3n) is 3.01. The van der Waals surface area contributed by atoms with Crippen molar-refractivity contribution < 1.29 is 9.90 Å². The third kappa shape index (κ3) is 2.22. The number of piperidine rings is 1. The van der Waals surface area contributed by atoms with Gasteiger partial charge in [0.25, 0.3) is 0 Å². The standard InChI is InChI=1S/C12H14INO2/c13-11-10(9-4-2-1-3-5-9)6-7-14(8-15)12(11)16/h1-5,10-11,15H,6-8H2. The monoisotopic (exact) mass is 331 g/mol. The number of likely N-dealkylation sites (tertiary alicyclic amines) is 1. The summed E-state index contributed by atoms with van der Waals surface area (Å²) < 4.78 is -0.0686. The molecular formula is C12H14INO2. The molecule has 1 aromatic carbocycles. The molecule has 1 saturated heterocycles. The summed E-state index contributed by atoms with van der Waals surface area (Å²) in [5.41, 5.74) is 1.22. The molecule has 1 aliphatic rings. The number of hydrogen-bond acceptors (Lipinski definition) is 2. The SMILES string of the molecule is O=C1C(I)C(c2ccccc2)CCN1CO. The van der Waals surface area contributed by atoms with Crippen molar-refractivity contribution in [2.45, 2.75) is 16.3 Å². The van der Waals surface area contributed by atoms with Crippen LogP contribution < -0.4 is 0 Å². The first kappa shape index (κ1) is 11.9. The molecule has 0 bridgehead atoms. The Bertz CT molecular complexity index is 369. The summed E-state index contributed by atoms with van der Waals surface area (Å²) in [5, 5.41) is 9.04. The molecule has 0 saturated carbocycles. The molecular weight excluding hydrogens is 317 g/mol. The first-order valence-electron chi connectivity index (χ1n) is 5.32. The number of halogens is 1. The predicted octanol–water partition coefficient (Wildman–Crippen LogP) is 1.76. The number of benzene rings is 1. The Morgan fingerprint density at radius 2 is 2.06 bits per heavy atom. The van der Waals surface area contributed by atoms with Crippen molar-refractivity contribution in [3.63, 3.8) is 0 Å². The van der Waals surface area contributed by atoms with Crippen LogP contribution in [0.3, 0.4) is 0 Å². The van der Waals surface area contributed by atoms with Gasteiger partial charge in [0.15, 0.2) is 0 Å². The molecule has 0 aromatic heterocycles. The Morgan fingerprint density at radius 1 is 1.38 bits per heavy atom. The fourth-order valence-electron chi connectivity index (χ4n) is 2.07. The largest absolute Gasteiger partial charge is 0.376 e. The smallest absolute Gasteiger partial charge is 0.237 e. The highest BCUT2D eigenvalue weighted by Gasteiger charge is 2.34. The van der Waals surface area contributed by atoms with Gasteiger partial charge in [0.05, 0.1) is 3.92 Å². The van der Waals surface area contributed by atoms with E-state index in [2.05, 4.69) is 34.7 Å². The zero-order valence-corrected chi connectivity index (χ0v) is 11.0. The molecule has 3 nitrogen and oxygen atoms in total. The summed E-state index contributed by atoms with van der Waals surface area (Å²) in [4.78, 5) is 13.4. The second-order valence-corrected chi connectivity index (χ2v) is 5.29. The highest BCUT2D eigenvalue weighted by Crippen LogP contribution is 2.33. The number of hydrogen-bond donors (Lipinski definition) is 1. The van der Waals surface area contributed by atoms with Crippen molar-refractivity contribution in [1.82, 2.24) is 4.90 Å². The lowest BCUT2D eigenvalue weighted by Crippen LogP contribution is -2.45. The minimum atomic E-state index is -0.167. The van der Waals surface area contributed by atoms with Crippen LogP contribution in [0.5, 0.6) is 0 Å². The van der Waals surface area contributed by atoms with Gasteiger partial charge in [-0.1, -0.05) is 52.9 Å². The summed E-state index contributed by atoms with van der Waals surface area (Å²) >= 11 is 2.18. The quantitative estimate of drug-likeness (QED) is 0.663. The normalized spacial score (nSPS) is 25.9. The maximum atomic E-state index is 11.9. The van der Waals surface area contributed by atoms with Crippen LogP contribution in [0.4, 0.5) is 0 Å². The summed E-state index contributed by atoms with van der Waals surface area (Å²) in [6.45, 7) is 0.480.